The molecule has 0 bridgehead atoms. The van der Waals surface area contributed by atoms with Crippen molar-refractivity contribution < 1.29 is 9.53 Å². The van der Waals surface area contributed by atoms with Crippen LogP contribution in [-0.2, 0) is 4.74 Å². The summed E-state index contributed by atoms with van der Waals surface area (Å²) in [6, 6.07) is 5.43. The highest BCUT2D eigenvalue weighted by Crippen LogP contribution is 2.18. The first-order chi connectivity index (χ1) is 7.74. The smallest absolute Gasteiger partial charge is 0.338 e. The van der Waals surface area contributed by atoms with Crippen LogP contribution in [0.2, 0.25) is 0 Å². The van der Waals surface area contributed by atoms with Crippen molar-refractivity contribution in [3.05, 3.63) is 42.0 Å². The Hall–Kier alpha value is -2.17. The van der Waals surface area contributed by atoms with Gasteiger partial charge < -0.3 is 4.74 Å². The Morgan fingerprint density at radius 2 is 2.00 bits per heavy atom. The molecule has 0 aliphatic carbocycles. The van der Waals surface area contributed by atoms with Crippen molar-refractivity contribution in [2.24, 2.45) is 0 Å². The zero-order chi connectivity index (χ0) is 11.5. The van der Waals surface area contributed by atoms with Crippen LogP contribution in [0.4, 0.5) is 0 Å². The number of methoxy groups -OCH3 is 1. The SMILES string of the molecule is COC(=O)c1cccc(-n2cnnc2)c1C. The maximum absolute atomic E-state index is 11.5. The van der Waals surface area contributed by atoms with Crippen molar-refractivity contribution in [3.8, 4) is 5.69 Å². The zero-order valence-corrected chi connectivity index (χ0v) is 9.04. The average Bonchev–Trinajstić information content (AvgIpc) is 2.82. The number of carbonyl (C=O) groups excluding carboxylic acids is 1. The molecule has 0 N–H and O–H groups in total. The molecule has 0 aliphatic heterocycles. The third kappa shape index (κ3) is 1.67. The highest BCUT2D eigenvalue weighted by atomic mass is 16.5. The van der Waals surface area contributed by atoms with Gasteiger partial charge in [0.25, 0.3) is 0 Å². The second-order valence-corrected chi connectivity index (χ2v) is 3.31. The van der Waals surface area contributed by atoms with Crippen LogP contribution in [-0.4, -0.2) is 27.8 Å². The fraction of sp³-hybridized carbons (Fsp3) is 0.182. The molecule has 2 aromatic rings. The van der Waals surface area contributed by atoms with Gasteiger partial charge in [0, 0.05) is 0 Å². The summed E-state index contributed by atoms with van der Waals surface area (Å²) in [6.07, 6.45) is 3.17. The van der Waals surface area contributed by atoms with E-state index in [0.29, 0.717) is 5.56 Å². The van der Waals surface area contributed by atoms with Crippen LogP contribution in [0.25, 0.3) is 5.69 Å². The number of esters is 1. The molecule has 82 valence electrons. The highest BCUT2D eigenvalue weighted by molar-refractivity contribution is 5.91. The van der Waals surface area contributed by atoms with Gasteiger partial charge in [0.2, 0.25) is 0 Å². The Bertz CT molecular complexity index is 506. The predicted molar refractivity (Wildman–Crippen MR) is 57.4 cm³/mol. The molecule has 0 fully saturated rings. The van der Waals surface area contributed by atoms with Gasteiger partial charge in [-0.2, -0.15) is 0 Å². The maximum Gasteiger partial charge on any atom is 0.338 e. The van der Waals surface area contributed by atoms with Crippen molar-refractivity contribution in [3.63, 3.8) is 0 Å². The number of hydrogen-bond acceptors (Lipinski definition) is 4. The lowest BCUT2D eigenvalue weighted by Gasteiger charge is -2.09. The molecule has 1 heterocycles. The molecule has 1 aromatic carbocycles. The Morgan fingerprint density at radius 1 is 1.31 bits per heavy atom. The highest BCUT2D eigenvalue weighted by Gasteiger charge is 2.12. The Labute approximate surface area is 92.7 Å². The van der Waals surface area contributed by atoms with Crippen molar-refractivity contribution in [1.29, 1.82) is 0 Å². The second-order valence-electron chi connectivity index (χ2n) is 3.31. The third-order valence-corrected chi connectivity index (χ3v) is 2.41. The van der Waals surface area contributed by atoms with E-state index in [9.17, 15) is 4.79 Å². The van der Waals surface area contributed by atoms with Crippen LogP contribution in [0.1, 0.15) is 15.9 Å². The van der Waals surface area contributed by atoms with E-state index in [1.54, 1.807) is 29.4 Å². The number of aromatic nitrogens is 3. The van der Waals surface area contributed by atoms with E-state index in [1.165, 1.54) is 7.11 Å². The van der Waals surface area contributed by atoms with Gasteiger partial charge in [-0.3, -0.25) is 4.57 Å². The molecule has 0 radical (unpaired) electrons. The lowest BCUT2D eigenvalue weighted by atomic mass is 10.1. The minimum Gasteiger partial charge on any atom is -0.465 e. The summed E-state index contributed by atoms with van der Waals surface area (Å²) < 4.78 is 6.46. The van der Waals surface area contributed by atoms with Crippen molar-refractivity contribution in [2.45, 2.75) is 6.92 Å². The molecule has 5 nitrogen and oxygen atoms in total. The molecule has 5 heteroatoms. The summed E-state index contributed by atoms with van der Waals surface area (Å²) in [6.45, 7) is 1.86. The first kappa shape index (κ1) is 10.4. The molecule has 1 aromatic heterocycles. The van der Waals surface area contributed by atoms with Crippen molar-refractivity contribution >= 4 is 5.97 Å². The van der Waals surface area contributed by atoms with E-state index in [2.05, 4.69) is 10.2 Å². The number of hydrogen-bond donors (Lipinski definition) is 0. The lowest BCUT2D eigenvalue weighted by Crippen LogP contribution is -2.06. The Kier molecular flexibility index (Phi) is 2.68. The molecule has 2 rings (SSSR count). The largest absolute Gasteiger partial charge is 0.465 e. The zero-order valence-electron chi connectivity index (χ0n) is 9.04. The predicted octanol–water partition coefficient (Wildman–Crippen LogP) is 1.36. The minimum atomic E-state index is -0.340. The lowest BCUT2D eigenvalue weighted by molar-refractivity contribution is 0.0600. The molecule has 16 heavy (non-hydrogen) atoms. The molecule has 0 saturated carbocycles. The fourth-order valence-corrected chi connectivity index (χ4v) is 1.56. The van der Waals surface area contributed by atoms with Crippen molar-refractivity contribution in [1.82, 2.24) is 14.8 Å². The van der Waals surface area contributed by atoms with Crippen LogP contribution >= 0.6 is 0 Å². The number of benzene rings is 1. The molecule has 0 saturated heterocycles. The monoisotopic (exact) mass is 217 g/mol. The number of rotatable bonds is 2. The fourth-order valence-electron chi connectivity index (χ4n) is 1.56. The van der Waals surface area contributed by atoms with E-state index in [4.69, 9.17) is 4.74 Å². The van der Waals surface area contributed by atoms with Gasteiger partial charge in [0.1, 0.15) is 12.7 Å². The van der Waals surface area contributed by atoms with Crippen LogP contribution in [0.3, 0.4) is 0 Å². The van der Waals surface area contributed by atoms with Crippen LogP contribution < -0.4 is 0 Å². The van der Waals surface area contributed by atoms with Gasteiger partial charge >= 0.3 is 5.97 Å². The van der Waals surface area contributed by atoms with E-state index in [1.807, 2.05) is 13.0 Å². The molecular formula is C11H11N3O2. The summed E-state index contributed by atoms with van der Waals surface area (Å²) in [7, 11) is 1.37. The molecular weight excluding hydrogens is 206 g/mol. The van der Waals surface area contributed by atoms with Gasteiger partial charge in [0.15, 0.2) is 0 Å². The number of nitrogens with zero attached hydrogens (tertiary/aromatic N) is 3. The van der Waals surface area contributed by atoms with E-state index >= 15 is 0 Å². The first-order valence-electron chi connectivity index (χ1n) is 4.77. The van der Waals surface area contributed by atoms with E-state index < -0.39 is 0 Å². The van der Waals surface area contributed by atoms with Gasteiger partial charge in [-0.15, -0.1) is 10.2 Å². The van der Waals surface area contributed by atoms with Gasteiger partial charge in [-0.25, -0.2) is 4.79 Å². The molecule has 0 unspecified atom stereocenters. The van der Waals surface area contributed by atoms with Gasteiger partial charge in [-0.1, -0.05) is 6.07 Å². The summed E-state index contributed by atoms with van der Waals surface area (Å²) >= 11 is 0. The first-order valence-corrected chi connectivity index (χ1v) is 4.77. The number of ether oxygens (including phenoxy) is 1. The summed E-state index contributed by atoms with van der Waals surface area (Å²) in [4.78, 5) is 11.5. The van der Waals surface area contributed by atoms with Crippen LogP contribution in [0.15, 0.2) is 30.9 Å². The second kappa shape index (κ2) is 4.14. The normalized spacial score (nSPS) is 10.1. The van der Waals surface area contributed by atoms with Crippen LogP contribution in [0.5, 0.6) is 0 Å². The Morgan fingerprint density at radius 3 is 2.62 bits per heavy atom. The summed E-state index contributed by atoms with van der Waals surface area (Å²) in [5.41, 5.74) is 2.26. The number of carbonyl (C=O) groups is 1. The quantitative estimate of drug-likeness (QED) is 0.713. The third-order valence-electron chi connectivity index (χ3n) is 2.41. The molecule has 0 spiro atoms. The maximum atomic E-state index is 11.5. The van der Waals surface area contributed by atoms with Gasteiger partial charge in [-0.05, 0) is 24.6 Å². The minimum absolute atomic E-state index is 0.340. The topological polar surface area (TPSA) is 57.0 Å². The summed E-state index contributed by atoms with van der Waals surface area (Å²) in [5.74, 6) is -0.340. The van der Waals surface area contributed by atoms with E-state index in [0.717, 1.165) is 11.3 Å². The Balaban J connectivity index is 2.53. The molecule has 0 aliphatic rings. The van der Waals surface area contributed by atoms with Crippen molar-refractivity contribution in [2.75, 3.05) is 7.11 Å². The molecule has 0 amide bonds. The van der Waals surface area contributed by atoms with E-state index in [-0.39, 0.29) is 5.97 Å². The standard InChI is InChI=1S/C11H11N3O2/c1-8-9(11(15)16-2)4-3-5-10(8)14-6-12-13-7-14/h3-7H,1-2H3. The van der Waals surface area contributed by atoms with Gasteiger partial charge in [0.05, 0.1) is 18.4 Å². The molecule has 0 atom stereocenters. The average molecular weight is 217 g/mol. The van der Waals surface area contributed by atoms with Crippen LogP contribution in [0, 0.1) is 6.92 Å². The summed E-state index contributed by atoms with van der Waals surface area (Å²) in [5, 5.41) is 7.46.